The summed E-state index contributed by atoms with van der Waals surface area (Å²) in [5.74, 6) is 1.74. The molecular weight excluding hydrogens is 330 g/mol. The number of halogens is 1. The molecule has 0 aliphatic carbocycles. The second-order valence-electron chi connectivity index (χ2n) is 5.21. The number of nitrogens with one attached hydrogen (secondary N) is 1. The molecule has 0 saturated carbocycles. The molecule has 0 radical (unpaired) electrons. The average Bonchev–Trinajstić information content (AvgIpc) is 2.91. The normalized spacial score (nSPS) is 14.1. The Morgan fingerprint density at radius 3 is 2.57 bits per heavy atom. The largest absolute Gasteiger partial charge is 0.339 e. The van der Waals surface area contributed by atoms with Gasteiger partial charge in [0.15, 0.2) is 5.82 Å². The third-order valence-corrected chi connectivity index (χ3v) is 4.17. The molecule has 0 spiro atoms. The summed E-state index contributed by atoms with van der Waals surface area (Å²) < 4.78 is 6.55. The molecule has 1 N–H and O–H groups in total. The van der Waals surface area contributed by atoms with Crippen LogP contribution in [0, 0.1) is 0 Å². The smallest absolute Gasteiger partial charge is 0.231 e. The quantitative estimate of drug-likeness (QED) is 0.821. The molecule has 2 rings (SSSR count). The number of rotatable bonds is 7. The molecular formula is C16H22BrN3O. The molecule has 1 aromatic carbocycles. The van der Waals surface area contributed by atoms with Crippen molar-refractivity contribution in [2.75, 3.05) is 6.54 Å². The SMILES string of the molecule is CCNC(C)C(CC)c1nc(Cc2ccc(Br)cc2)no1. The van der Waals surface area contributed by atoms with Crippen LogP contribution in [-0.4, -0.2) is 22.7 Å². The number of likely N-dealkylation sites (N-methyl/N-ethyl adjacent to an activating group) is 1. The third-order valence-electron chi connectivity index (χ3n) is 3.65. The lowest BCUT2D eigenvalue weighted by Gasteiger charge is -2.19. The molecule has 0 amide bonds. The molecule has 0 saturated heterocycles. The van der Waals surface area contributed by atoms with Crippen molar-refractivity contribution in [3.63, 3.8) is 0 Å². The minimum Gasteiger partial charge on any atom is -0.339 e. The van der Waals surface area contributed by atoms with E-state index in [2.05, 4.69) is 64.3 Å². The molecule has 114 valence electrons. The van der Waals surface area contributed by atoms with E-state index < -0.39 is 0 Å². The lowest BCUT2D eigenvalue weighted by molar-refractivity contribution is 0.316. The van der Waals surface area contributed by atoms with E-state index >= 15 is 0 Å². The molecule has 2 atom stereocenters. The number of nitrogens with zero attached hydrogens (tertiary/aromatic N) is 2. The first-order valence-corrected chi connectivity index (χ1v) is 8.23. The molecule has 4 nitrogen and oxygen atoms in total. The van der Waals surface area contributed by atoms with Gasteiger partial charge in [0, 0.05) is 16.9 Å². The second kappa shape index (κ2) is 7.71. The van der Waals surface area contributed by atoms with Gasteiger partial charge in [0.05, 0.1) is 5.92 Å². The Kier molecular flexibility index (Phi) is 5.94. The highest BCUT2D eigenvalue weighted by molar-refractivity contribution is 9.10. The zero-order valence-corrected chi connectivity index (χ0v) is 14.4. The summed E-state index contributed by atoms with van der Waals surface area (Å²) in [4.78, 5) is 4.57. The summed E-state index contributed by atoms with van der Waals surface area (Å²) in [6.07, 6.45) is 1.68. The molecule has 0 aliphatic rings. The maximum absolute atomic E-state index is 5.47. The van der Waals surface area contributed by atoms with Crippen LogP contribution in [0.5, 0.6) is 0 Å². The van der Waals surface area contributed by atoms with Gasteiger partial charge in [-0.05, 0) is 37.6 Å². The summed E-state index contributed by atoms with van der Waals surface area (Å²) in [5, 5.41) is 7.55. The molecule has 1 heterocycles. The molecule has 5 heteroatoms. The second-order valence-corrected chi connectivity index (χ2v) is 6.13. The summed E-state index contributed by atoms with van der Waals surface area (Å²) in [6, 6.07) is 8.52. The fourth-order valence-electron chi connectivity index (χ4n) is 2.48. The first kappa shape index (κ1) is 16.2. The van der Waals surface area contributed by atoms with Gasteiger partial charge in [-0.2, -0.15) is 4.98 Å². The van der Waals surface area contributed by atoms with Crippen molar-refractivity contribution in [2.24, 2.45) is 0 Å². The van der Waals surface area contributed by atoms with Gasteiger partial charge in [-0.15, -0.1) is 0 Å². The van der Waals surface area contributed by atoms with Crippen molar-refractivity contribution in [3.05, 3.63) is 46.0 Å². The summed E-state index contributed by atoms with van der Waals surface area (Å²) >= 11 is 3.44. The van der Waals surface area contributed by atoms with Crippen LogP contribution >= 0.6 is 15.9 Å². The molecule has 0 fully saturated rings. The molecule has 0 bridgehead atoms. The van der Waals surface area contributed by atoms with Crippen molar-refractivity contribution in [2.45, 2.75) is 45.6 Å². The Morgan fingerprint density at radius 1 is 1.24 bits per heavy atom. The van der Waals surface area contributed by atoms with E-state index in [0.29, 0.717) is 12.5 Å². The summed E-state index contributed by atoms with van der Waals surface area (Å²) in [6.45, 7) is 7.36. The van der Waals surface area contributed by atoms with Crippen molar-refractivity contribution in [3.8, 4) is 0 Å². The van der Waals surface area contributed by atoms with Crippen LogP contribution in [-0.2, 0) is 6.42 Å². The number of aromatic nitrogens is 2. The van der Waals surface area contributed by atoms with Crippen molar-refractivity contribution in [1.82, 2.24) is 15.5 Å². The van der Waals surface area contributed by atoms with Gasteiger partial charge >= 0.3 is 0 Å². The fourth-order valence-corrected chi connectivity index (χ4v) is 2.75. The highest BCUT2D eigenvalue weighted by atomic mass is 79.9. The van der Waals surface area contributed by atoms with Crippen molar-refractivity contribution in [1.29, 1.82) is 0 Å². The first-order chi connectivity index (χ1) is 10.1. The van der Waals surface area contributed by atoms with E-state index in [1.807, 2.05) is 12.1 Å². The van der Waals surface area contributed by atoms with Crippen LogP contribution in [0.25, 0.3) is 0 Å². The van der Waals surface area contributed by atoms with E-state index in [-0.39, 0.29) is 5.92 Å². The van der Waals surface area contributed by atoms with Gasteiger partial charge in [0.2, 0.25) is 5.89 Å². The van der Waals surface area contributed by atoms with E-state index in [1.165, 1.54) is 5.56 Å². The van der Waals surface area contributed by atoms with Crippen LogP contribution in [0.15, 0.2) is 33.3 Å². The van der Waals surface area contributed by atoms with Crippen LogP contribution in [0.3, 0.4) is 0 Å². The maximum Gasteiger partial charge on any atom is 0.231 e. The van der Waals surface area contributed by atoms with Gasteiger partial charge in [-0.3, -0.25) is 0 Å². The monoisotopic (exact) mass is 351 g/mol. The number of hydrogen-bond donors (Lipinski definition) is 1. The third kappa shape index (κ3) is 4.38. The van der Waals surface area contributed by atoms with Gasteiger partial charge < -0.3 is 9.84 Å². The van der Waals surface area contributed by atoms with Crippen LogP contribution in [0.1, 0.15) is 50.4 Å². The van der Waals surface area contributed by atoms with E-state index in [9.17, 15) is 0 Å². The Hall–Kier alpha value is -1.20. The van der Waals surface area contributed by atoms with Crippen LogP contribution in [0.4, 0.5) is 0 Å². The van der Waals surface area contributed by atoms with E-state index in [4.69, 9.17) is 4.52 Å². The number of benzene rings is 1. The van der Waals surface area contributed by atoms with Crippen LogP contribution in [0.2, 0.25) is 0 Å². The van der Waals surface area contributed by atoms with Gasteiger partial charge in [0.1, 0.15) is 0 Å². The molecule has 0 aliphatic heterocycles. The maximum atomic E-state index is 5.47. The minimum absolute atomic E-state index is 0.260. The minimum atomic E-state index is 0.260. The molecule has 1 aromatic heterocycles. The van der Waals surface area contributed by atoms with Gasteiger partial charge in [-0.1, -0.05) is 47.1 Å². The highest BCUT2D eigenvalue weighted by Gasteiger charge is 2.23. The van der Waals surface area contributed by atoms with E-state index in [0.717, 1.165) is 29.2 Å². The van der Waals surface area contributed by atoms with Crippen LogP contribution < -0.4 is 5.32 Å². The predicted octanol–water partition coefficient (Wildman–Crippen LogP) is 3.91. The zero-order chi connectivity index (χ0) is 15.2. The Morgan fingerprint density at radius 2 is 1.95 bits per heavy atom. The van der Waals surface area contributed by atoms with Gasteiger partial charge in [0.25, 0.3) is 0 Å². The number of hydrogen-bond acceptors (Lipinski definition) is 4. The van der Waals surface area contributed by atoms with Crippen molar-refractivity contribution < 1.29 is 4.52 Å². The Labute approximate surface area is 134 Å². The van der Waals surface area contributed by atoms with Gasteiger partial charge in [-0.25, -0.2) is 0 Å². The zero-order valence-electron chi connectivity index (χ0n) is 12.8. The predicted molar refractivity (Wildman–Crippen MR) is 87.4 cm³/mol. The molecule has 21 heavy (non-hydrogen) atoms. The van der Waals surface area contributed by atoms with Crippen molar-refractivity contribution >= 4 is 15.9 Å². The summed E-state index contributed by atoms with van der Waals surface area (Å²) in [5.41, 5.74) is 1.18. The molecule has 2 aromatic rings. The fraction of sp³-hybridized carbons (Fsp3) is 0.500. The first-order valence-electron chi connectivity index (χ1n) is 7.44. The Balaban J connectivity index is 2.07. The Bertz CT molecular complexity index is 553. The highest BCUT2D eigenvalue weighted by Crippen LogP contribution is 2.22. The lowest BCUT2D eigenvalue weighted by atomic mass is 9.98. The standard InChI is InChI=1S/C16H22BrN3O/c1-4-14(11(3)18-5-2)16-19-15(20-21-16)10-12-6-8-13(17)9-7-12/h6-9,11,14,18H,4-5,10H2,1-3H3. The topological polar surface area (TPSA) is 51.0 Å². The van der Waals surface area contributed by atoms with E-state index in [1.54, 1.807) is 0 Å². The summed E-state index contributed by atoms with van der Waals surface area (Å²) in [7, 11) is 0. The molecule has 2 unspecified atom stereocenters. The average molecular weight is 352 g/mol. The lowest BCUT2D eigenvalue weighted by Crippen LogP contribution is -2.31.